The molecule has 1 aliphatic heterocycles. The first-order valence-corrected chi connectivity index (χ1v) is 9.52. The Hall–Kier alpha value is -2.09. The first-order valence-electron chi connectivity index (χ1n) is 7.80. The SMILES string of the molecule is Cc1noc(C)c1CCC(=O)N1CC(S(=O)(=O)Cc2ccco2)C1. The van der Waals surface area contributed by atoms with Crippen LogP contribution >= 0.6 is 0 Å². The van der Waals surface area contributed by atoms with Crippen molar-refractivity contribution in [1.29, 1.82) is 0 Å². The number of likely N-dealkylation sites (tertiary alicyclic amines) is 1. The molecule has 0 aromatic carbocycles. The lowest BCUT2D eigenvalue weighted by atomic mass is 10.1. The van der Waals surface area contributed by atoms with Crippen LogP contribution in [0.1, 0.15) is 29.2 Å². The van der Waals surface area contributed by atoms with Gasteiger partial charge < -0.3 is 13.8 Å². The Labute approximate surface area is 140 Å². The van der Waals surface area contributed by atoms with Crippen molar-refractivity contribution in [2.24, 2.45) is 0 Å². The Morgan fingerprint density at radius 3 is 2.71 bits per heavy atom. The zero-order valence-corrected chi connectivity index (χ0v) is 14.5. The van der Waals surface area contributed by atoms with Crippen molar-refractivity contribution in [3.63, 3.8) is 0 Å². The van der Waals surface area contributed by atoms with Crippen molar-refractivity contribution in [2.75, 3.05) is 13.1 Å². The highest BCUT2D eigenvalue weighted by Gasteiger charge is 2.39. The first-order chi connectivity index (χ1) is 11.4. The molecular formula is C16H20N2O5S. The van der Waals surface area contributed by atoms with E-state index < -0.39 is 15.1 Å². The van der Waals surface area contributed by atoms with E-state index in [1.54, 1.807) is 17.0 Å². The number of nitrogens with zero attached hydrogens (tertiary/aromatic N) is 2. The van der Waals surface area contributed by atoms with Gasteiger partial charge in [0.05, 0.1) is 17.2 Å². The smallest absolute Gasteiger partial charge is 0.222 e. The molecule has 0 unspecified atom stereocenters. The van der Waals surface area contributed by atoms with Crippen LogP contribution in [0.3, 0.4) is 0 Å². The summed E-state index contributed by atoms with van der Waals surface area (Å²) < 4.78 is 34.7. The Morgan fingerprint density at radius 1 is 1.38 bits per heavy atom. The normalized spacial score (nSPS) is 15.5. The fourth-order valence-corrected chi connectivity index (χ4v) is 4.44. The second-order valence-electron chi connectivity index (χ2n) is 6.11. The number of hydrogen-bond acceptors (Lipinski definition) is 6. The summed E-state index contributed by atoms with van der Waals surface area (Å²) in [6, 6.07) is 3.30. The van der Waals surface area contributed by atoms with Crippen molar-refractivity contribution >= 4 is 15.7 Å². The zero-order valence-electron chi connectivity index (χ0n) is 13.7. The van der Waals surface area contributed by atoms with Crippen LogP contribution in [-0.4, -0.2) is 42.7 Å². The van der Waals surface area contributed by atoms with Crippen molar-refractivity contribution < 1.29 is 22.2 Å². The molecule has 3 rings (SSSR count). The van der Waals surface area contributed by atoms with Crippen molar-refractivity contribution in [1.82, 2.24) is 10.1 Å². The van der Waals surface area contributed by atoms with E-state index in [2.05, 4.69) is 5.16 Å². The third-order valence-electron chi connectivity index (χ3n) is 4.40. The molecule has 1 fully saturated rings. The number of furan rings is 1. The van der Waals surface area contributed by atoms with Gasteiger partial charge in [-0.1, -0.05) is 5.16 Å². The fourth-order valence-electron chi connectivity index (χ4n) is 2.83. The molecule has 24 heavy (non-hydrogen) atoms. The number of rotatable bonds is 6. The number of carbonyl (C=O) groups is 1. The summed E-state index contributed by atoms with van der Waals surface area (Å²) in [6.45, 7) is 4.17. The zero-order chi connectivity index (χ0) is 17.3. The minimum Gasteiger partial charge on any atom is -0.468 e. The molecule has 1 amide bonds. The Kier molecular flexibility index (Phi) is 4.49. The van der Waals surface area contributed by atoms with Gasteiger partial charge in [0.2, 0.25) is 5.91 Å². The predicted molar refractivity (Wildman–Crippen MR) is 86.0 cm³/mol. The Balaban J connectivity index is 1.50. The van der Waals surface area contributed by atoms with Crippen LogP contribution < -0.4 is 0 Å². The molecule has 130 valence electrons. The monoisotopic (exact) mass is 352 g/mol. The van der Waals surface area contributed by atoms with Crippen LogP contribution in [0.2, 0.25) is 0 Å². The van der Waals surface area contributed by atoms with E-state index in [-0.39, 0.29) is 24.7 Å². The highest BCUT2D eigenvalue weighted by atomic mass is 32.2. The van der Waals surface area contributed by atoms with Gasteiger partial charge in [-0.15, -0.1) is 0 Å². The molecule has 0 aliphatic carbocycles. The predicted octanol–water partition coefficient (Wildman–Crippen LogP) is 1.64. The largest absolute Gasteiger partial charge is 0.468 e. The average molecular weight is 352 g/mol. The summed E-state index contributed by atoms with van der Waals surface area (Å²) in [5.74, 6) is 0.992. The van der Waals surface area contributed by atoms with Gasteiger partial charge in [-0.05, 0) is 32.4 Å². The second kappa shape index (κ2) is 6.43. The number of carbonyl (C=O) groups excluding carboxylic acids is 1. The number of aryl methyl sites for hydroxylation is 2. The van der Waals surface area contributed by atoms with Gasteiger partial charge in [0.15, 0.2) is 9.84 Å². The third-order valence-corrected chi connectivity index (χ3v) is 6.40. The van der Waals surface area contributed by atoms with Crippen LogP contribution in [0, 0.1) is 13.8 Å². The molecule has 2 aromatic rings. The minimum atomic E-state index is -3.30. The van der Waals surface area contributed by atoms with Gasteiger partial charge in [-0.25, -0.2) is 8.42 Å². The summed E-state index contributed by atoms with van der Waals surface area (Å²) >= 11 is 0. The van der Waals surface area contributed by atoms with Crippen molar-refractivity contribution in [3.8, 4) is 0 Å². The molecule has 1 aliphatic rings. The van der Waals surface area contributed by atoms with Crippen molar-refractivity contribution in [3.05, 3.63) is 41.2 Å². The fraction of sp³-hybridized carbons (Fsp3) is 0.500. The molecule has 0 N–H and O–H groups in total. The lowest BCUT2D eigenvalue weighted by Gasteiger charge is -2.38. The van der Waals surface area contributed by atoms with Crippen molar-refractivity contribution in [2.45, 2.75) is 37.7 Å². The molecule has 3 heterocycles. The van der Waals surface area contributed by atoms with Gasteiger partial charge in [0, 0.05) is 25.1 Å². The molecule has 0 radical (unpaired) electrons. The second-order valence-corrected chi connectivity index (χ2v) is 8.39. The van der Waals surface area contributed by atoms with E-state index in [1.807, 2.05) is 13.8 Å². The Bertz CT molecular complexity index is 797. The molecule has 7 nitrogen and oxygen atoms in total. The lowest BCUT2D eigenvalue weighted by molar-refractivity contribution is -0.134. The van der Waals surface area contributed by atoms with E-state index in [9.17, 15) is 13.2 Å². The van der Waals surface area contributed by atoms with Gasteiger partial charge in [0.1, 0.15) is 17.3 Å². The summed E-state index contributed by atoms with van der Waals surface area (Å²) in [4.78, 5) is 13.8. The highest BCUT2D eigenvalue weighted by Crippen LogP contribution is 2.22. The number of aromatic nitrogens is 1. The number of sulfone groups is 1. The third kappa shape index (κ3) is 3.38. The molecule has 0 atom stereocenters. The molecular weight excluding hydrogens is 332 g/mol. The summed E-state index contributed by atoms with van der Waals surface area (Å²) in [5.41, 5.74) is 1.74. The highest BCUT2D eigenvalue weighted by molar-refractivity contribution is 7.91. The van der Waals surface area contributed by atoms with Crippen LogP contribution in [0.15, 0.2) is 27.3 Å². The standard InChI is InChI=1S/C16H20N2O5S/c1-11-15(12(2)23-17-11)5-6-16(19)18-8-14(9-18)24(20,21)10-13-4-3-7-22-13/h3-4,7,14H,5-6,8-10H2,1-2H3. The quantitative estimate of drug-likeness (QED) is 0.784. The van der Waals surface area contributed by atoms with Crippen LogP contribution in [0.4, 0.5) is 0 Å². The summed E-state index contributed by atoms with van der Waals surface area (Å²) in [6.07, 6.45) is 2.34. The van der Waals surface area contributed by atoms with Gasteiger partial charge in [-0.2, -0.15) is 0 Å². The Morgan fingerprint density at radius 2 is 2.12 bits per heavy atom. The van der Waals surface area contributed by atoms with Crippen LogP contribution in [0.25, 0.3) is 0 Å². The number of hydrogen-bond donors (Lipinski definition) is 0. The minimum absolute atomic E-state index is 0.0422. The molecule has 8 heteroatoms. The molecule has 2 aromatic heterocycles. The molecule has 0 spiro atoms. The average Bonchev–Trinajstić information content (AvgIpc) is 3.05. The van der Waals surface area contributed by atoms with Gasteiger partial charge in [-0.3, -0.25) is 4.79 Å². The van der Waals surface area contributed by atoms with E-state index in [1.165, 1.54) is 6.26 Å². The molecule has 1 saturated heterocycles. The van der Waals surface area contributed by atoms with E-state index in [4.69, 9.17) is 8.94 Å². The maximum Gasteiger partial charge on any atom is 0.222 e. The van der Waals surface area contributed by atoms with E-state index in [0.717, 1.165) is 17.0 Å². The van der Waals surface area contributed by atoms with Crippen LogP contribution in [-0.2, 0) is 26.8 Å². The lowest BCUT2D eigenvalue weighted by Crippen LogP contribution is -2.57. The molecule has 0 bridgehead atoms. The van der Waals surface area contributed by atoms with Gasteiger partial charge in [0.25, 0.3) is 0 Å². The topological polar surface area (TPSA) is 93.6 Å². The maximum absolute atomic E-state index is 12.3. The van der Waals surface area contributed by atoms with E-state index >= 15 is 0 Å². The molecule has 0 saturated carbocycles. The van der Waals surface area contributed by atoms with Gasteiger partial charge >= 0.3 is 0 Å². The number of amides is 1. The van der Waals surface area contributed by atoms with Crippen LogP contribution in [0.5, 0.6) is 0 Å². The van der Waals surface area contributed by atoms with E-state index in [0.29, 0.717) is 18.6 Å². The summed E-state index contributed by atoms with van der Waals surface area (Å²) in [7, 11) is -3.30. The first kappa shape index (κ1) is 16.8. The summed E-state index contributed by atoms with van der Waals surface area (Å²) in [5, 5.41) is 3.36. The maximum atomic E-state index is 12.3.